The third-order valence-corrected chi connectivity index (χ3v) is 3.53. The maximum atomic E-state index is 9.79. The molecule has 0 spiro atoms. The minimum absolute atomic E-state index is 0.132. The molecule has 0 bridgehead atoms. The number of nitrogens with zero attached hydrogens (tertiary/aromatic N) is 1. The van der Waals surface area contributed by atoms with Crippen LogP contribution < -0.4 is 15.4 Å². The zero-order chi connectivity index (χ0) is 15.8. The second-order valence-electron chi connectivity index (χ2n) is 5.22. The van der Waals surface area contributed by atoms with Crippen molar-refractivity contribution in [1.29, 1.82) is 0 Å². The number of hydrogen-bond acceptors (Lipinski definition) is 4. The Morgan fingerprint density at radius 2 is 2.32 bits per heavy atom. The van der Waals surface area contributed by atoms with Crippen LogP contribution in [0.2, 0.25) is 0 Å². The lowest BCUT2D eigenvalue weighted by molar-refractivity contribution is 0.114. The molecule has 1 unspecified atom stereocenters. The van der Waals surface area contributed by atoms with E-state index in [0.29, 0.717) is 12.3 Å². The van der Waals surface area contributed by atoms with Gasteiger partial charge in [-0.25, -0.2) is 4.99 Å². The van der Waals surface area contributed by atoms with Crippen LogP contribution in [-0.4, -0.2) is 44.0 Å². The topological polar surface area (TPSA) is 75.1 Å². The number of phenolic OH excluding ortho intramolecular Hbond substituents is 1. The number of rotatable bonds is 6. The number of nitrogens with one attached hydrogen (secondary N) is 2. The van der Waals surface area contributed by atoms with E-state index in [-0.39, 0.29) is 11.9 Å². The monoisotopic (exact) mass is 307 g/mol. The standard InChI is InChI=1S/C16H25N3O3/c1-3-17-16(19-11-13-5-4-8-22-13)18-10-12-6-7-15(21-2)14(20)9-12/h6-7,9,13,20H,3-5,8,10-11H2,1-2H3,(H2,17,18,19). The Morgan fingerprint density at radius 3 is 2.95 bits per heavy atom. The lowest BCUT2D eigenvalue weighted by Gasteiger charge is -2.14. The van der Waals surface area contributed by atoms with Crippen molar-refractivity contribution < 1.29 is 14.6 Å². The highest BCUT2D eigenvalue weighted by atomic mass is 16.5. The number of guanidine groups is 1. The Labute approximate surface area is 131 Å². The summed E-state index contributed by atoms with van der Waals surface area (Å²) in [6.07, 6.45) is 2.50. The molecule has 6 nitrogen and oxygen atoms in total. The van der Waals surface area contributed by atoms with Crippen molar-refractivity contribution in [1.82, 2.24) is 10.6 Å². The predicted octanol–water partition coefficient (Wildman–Crippen LogP) is 1.63. The molecule has 1 aromatic rings. The Balaban J connectivity index is 1.92. The fraction of sp³-hybridized carbons (Fsp3) is 0.562. The maximum Gasteiger partial charge on any atom is 0.191 e. The summed E-state index contributed by atoms with van der Waals surface area (Å²) >= 11 is 0. The van der Waals surface area contributed by atoms with Gasteiger partial charge in [0.25, 0.3) is 0 Å². The van der Waals surface area contributed by atoms with E-state index in [9.17, 15) is 5.11 Å². The summed E-state index contributed by atoms with van der Waals surface area (Å²) in [7, 11) is 1.53. The zero-order valence-electron chi connectivity index (χ0n) is 13.3. The van der Waals surface area contributed by atoms with Gasteiger partial charge in [0, 0.05) is 19.7 Å². The molecule has 0 saturated carbocycles. The van der Waals surface area contributed by atoms with E-state index in [0.717, 1.165) is 44.1 Å². The summed E-state index contributed by atoms with van der Waals surface area (Å²) in [5.41, 5.74) is 0.924. The van der Waals surface area contributed by atoms with E-state index >= 15 is 0 Å². The molecule has 0 aromatic heterocycles. The van der Waals surface area contributed by atoms with Crippen molar-refractivity contribution in [3.8, 4) is 11.5 Å². The Morgan fingerprint density at radius 1 is 1.45 bits per heavy atom. The van der Waals surface area contributed by atoms with Gasteiger partial charge in [-0.05, 0) is 37.5 Å². The highest BCUT2D eigenvalue weighted by molar-refractivity contribution is 5.79. The average Bonchev–Trinajstić information content (AvgIpc) is 3.03. The summed E-state index contributed by atoms with van der Waals surface area (Å²) in [4.78, 5) is 4.53. The van der Waals surface area contributed by atoms with Gasteiger partial charge in [0.05, 0.1) is 19.8 Å². The first-order chi connectivity index (χ1) is 10.7. The molecular weight excluding hydrogens is 282 g/mol. The van der Waals surface area contributed by atoms with Gasteiger partial charge in [-0.2, -0.15) is 0 Å². The molecule has 1 aliphatic rings. The van der Waals surface area contributed by atoms with Gasteiger partial charge < -0.3 is 25.2 Å². The van der Waals surface area contributed by atoms with Crippen LogP contribution in [0.4, 0.5) is 0 Å². The van der Waals surface area contributed by atoms with Gasteiger partial charge in [-0.1, -0.05) is 6.07 Å². The molecule has 22 heavy (non-hydrogen) atoms. The van der Waals surface area contributed by atoms with Crippen molar-refractivity contribution in [2.24, 2.45) is 4.99 Å². The predicted molar refractivity (Wildman–Crippen MR) is 86.5 cm³/mol. The van der Waals surface area contributed by atoms with Gasteiger partial charge in [0.2, 0.25) is 0 Å². The highest BCUT2D eigenvalue weighted by Crippen LogP contribution is 2.26. The lowest BCUT2D eigenvalue weighted by Crippen LogP contribution is -2.41. The van der Waals surface area contributed by atoms with E-state index in [1.165, 1.54) is 7.11 Å². The summed E-state index contributed by atoms with van der Waals surface area (Å²) < 4.78 is 10.6. The van der Waals surface area contributed by atoms with E-state index in [1.54, 1.807) is 12.1 Å². The summed E-state index contributed by atoms with van der Waals surface area (Å²) in [5, 5.41) is 16.3. The van der Waals surface area contributed by atoms with Crippen molar-refractivity contribution in [2.75, 3.05) is 26.8 Å². The molecule has 1 saturated heterocycles. The third-order valence-electron chi connectivity index (χ3n) is 3.53. The first-order valence-corrected chi connectivity index (χ1v) is 7.72. The van der Waals surface area contributed by atoms with Gasteiger partial charge in [0.1, 0.15) is 0 Å². The second-order valence-corrected chi connectivity index (χ2v) is 5.22. The number of hydrogen-bond donors (Lipinski definition) is 3. The third kappa shape index (κ3) is 4.80. The van der Waals surface area contributed by atoms with Gasteiger partial charge in [-0.15, -0.1) is 0 Å². The second kappa shape index (κ2) is 8.48. The number of benzene rings is 1. The fourth-order valence-corrected chi connectivity index (χ4v) is 2.36. The highest BCUT2D eigenvalue weighted by Gasteiger charge is 2.15. The molecule has 1 aromatic carbocycles. The van der Waals surface area contributed by atoms with E-state index < -0.39 is 0 Å². The molecule has 0 amide bonds. The van der Waals surface area contributed by atoms with Crippen molar-refractivity contribution >= 4 is 5.96 Å². The number of aliphatic imine (C=N–C) groups is 1. The van der Waals surface area contributed by atoms with Crippen LogP contribution in [-0.2, 0) is 11.3 Å². The molecule has 1 heterocycles. The van der Waals surface area contributed by atoms with Crippen molar-refractivity contribution in [3.63, 3.8) is 0 Å². The summed E-state index contributed by atoms with van der Waals surface area (Å²) in [6.45, 7) is 4.93. The van der Waals surface area contributed by atoms with Crippen LogP contribution in [0.3, 0.4) is 0 Å². The first kappa shape index (κ1) is 16.4. The molecule has 2 rings (SSSR count). The molecule has 1 aliphatic heterocycles. The van der Waals surface area contributed by atoms with Crippen LogP contribution in [0.1, 0.15) is 25.3 Å². The summed E-state index contributed by atoms with van der Waals surface area (Å²) in [6, 6.07) is 5.31. The van der Waals surface area contributed by atoms with E-state index in [1.807, 2.05) is 13.0 Å². The lowest BCUT2D eigenvalue weighted by atomic mass is 10.2. The molecule has 122 valence electrons. The normalized spacial score (nSPS) is 18.3. The smallest absolute Gasteiger partial charge is 0.191 e. The first-order valence-electron chi connectivity index (χ1n) is 7.72. The number of ether oxygens (including phenoxy) is 2. The zero-order valence-corrected chi connectivity index (χ0v) is 13.3. The average molecular weight is 307 g/mol. The fourth-order valence-electron chi connectivity index (χ4n) is 2.36. The van der Waals surface area contributed by atoms with Crippen LogP contribution in [0.15, 0.2) is 23.2 Å². The molecular formula is C16H25N3O3. The van der Waals surface area contributed by atoms with Crippen LogP contribution in [0.5, 0.6) is 11.5 Å². The Hall–Kier alpha value is -1.95. The van der Waals surface area contributed by atoms with Gasteiger partial charge in [-0.3, -0.25) is 0 Å². The SMILES string of the molecule is CCNC(=NCc1ccc(OC)c(O)c1)NCC1CCCO1. The van der Waals surface area contributed by atoms with Crippen LogP contribution in [0.25, 0.3) is 0 Å². The van der Waals surface area contributed by atoms with Crippen LogP contribution >= 0.6 is 0 Å². The Bertz CT molecular complexity index is 499. The number of methoxy groups -OCH3 is 1. The number of phenols is 1. The largest absolute Gasteiger partial charge is 0.504 e. The Kier molecular flexibility index (Phi) is 6.33. The van der Waals surface area contributed by atoms with E-state index in [2.05, 4.69) is 15.6 Å². The molecule has 6 heteroatoms. The van der Waals surface area contributed by atoms with E-state index in [4.69, 9.17) is 9.47 Å². The molecule has 3 N–H and O–H groups in total. The molecule has 0 radical (unpaired) electrons. The minimum Gasteiger partial charge on any atom is -0.504 e. The number of aromatic hydroxyl groups is 1. The molecule has 1 atom stereocenters. The summed E-state index contributed by atoms with van der Waals surface area (Å²) in [5.74, 6) is 1.36. The van der Waals surface area contributed by atoms with Crippen LogP contribution in [0, 0.1) is 0 Å². The molecule has 0 aliphatic carbocycles. The van der Waals surface area contributed by atoms with Crippen molar-refractivity contribution in [2.45, 2.75) is 32.4 Å². The molecule has 1 fully saturated rings. The maximum absolute atomic E-state index is 9.79. The minimum atomic E-state index is 0.132. The van der Waals surface area contributed by atoms with Gasteiger partial charge in [0.15, 0.2) is 17.5 Å². The van der Waals surface area contributed by atoms with Crippen molar-refractivity contribution in [3.05, 3.63) is 23.8 Å². The van der Waals surface area contributed by atoms with Gasteiger partial charge >= 0.3 is 0 Å². The quantitative estimate of drug-likeness (QED) is 0.550.